The average Bonchev–Trinajstić information content (AvgIpc) is 2.47. The van der Waals surface area contributed by atoms with Crippen LogP contribution in [0.1, 0.15) is 30.5 Å². The van der Waals surface area contributed by atoms with Gasteiger partial charge in [0.25, 0.3) is 0 Å². The summed E-state index contributed by atoms with van der Waals surface area (Å²) < 4.78 is 1.57. The summed E-state index contributed by atoms with van der Waals surface area (Å²) in [6.45, 7) is 0. The molecule has 0 bridgehead atoms. The summed E-state index contributed by atoms with van der Waals surface area (Å²) >= 11 is 0. The summed E-state index contributed by atoms with van der Waals surface area (Å²) in [5.41, 5.74) is 0. The second-order valence-electron chi connectivity index (χ2n) is 3.36. The van der Waals surface area contributed by atoms with Gasteiger partial charge in [0.1, 0.15) is 6.33 Å². The van der Waals surface area contributed by atoms with Gasteiger partial charge in [0.05, 0.1) is 0 Å². The van der Waals surface area contributed by atoms with Crippen LogP contribution < -0.4 is 0 Å². The predicted molar refractivity (Wildman–Crippen MR) is 44.8 cm³/mol. The molecule has 3 nitrogen and oxygen atoms in total. The lowest BCUT2D eigenvalue weighted by molar-refractivity contribution is 0.0853. The van der Waals surface area contributed by atoms with Gasteiger partial charge in [-0.15, -0.1) is 0 Å². The summed E-state index contributed by atoms with van der Waals surface area (Å²) in [4.78, 5) is 15.3. The molecule has 0 radical (unpaired) electrons. The Morgan fingerprint density at radius 1 is 1.58 bits per heavy atom. The first-order chi connectivity index (χ1) is 5.86. The van der Waals surface area contributed by atoms with Crippen LogP contribution in [0.2, 0.25) is 0 Å². The summed E-state index contributed by atoms with van der Waals surface area (Å²) in [5.74, 6) is 0.817. The highest BCUT2D eigenvalue weighted by molar-refractivity contribution is 5.78. The van der Waals surface area contributed by atoms with E-state index in [1.54, 1.807) is 23.3 Å². The lowest BCUT2D eigenvalue weighted by Gasteiger charge is -2.24. The maximum atomic E-state index is 11.4. The molecule has 64 valence electrons. The quantitative estimate of drug-likeness (QED) is 0.667. The standard InChI is InChI=1S/C9H12N2O/c12-9(6-8-2-1-3-8)11-5-4-10-7-11/h4-5,7-8H,1-3,6H2. The third-order valence-corrected chi connectivity index (χ3v) is 2.48. The average molecular weight is 164 g/mol. The number of hydrogen-bond donors (Lipinski definition) is 0. The number of carbonyl (C=O) groups is 1. The Morgan fingerprint density at radius 2 is 2.42 bits per heavy atom. The zero-order valence-corrected chi connectivity index (χ0v) is 6.94. The summed E-state index contributed by atoms with van der Waals surface area (Å²) in [6, 6.07) is 0. The Kier molecular flexibility index (Phi) is 1.94. The maximum Gasteiger partial charge on any atom is 0.232 e. The maximum absolute atomic E-state index is 11.4. The molecular formula is C9H12N2O. The van der Waals surface area contributed by atoms with E-state index >= 15 is 0 Å². The largest absolute Gasteiger partial charge is 0.276 e. The van der Waals surface area contributed by atoms with E-state index < -0.39 is 0 Å². The van der Waals surface area contributed by atoms with Crippen molar-refractivity contribution in [3.63, 3.8) is 0 Å². The molecule has 0 atom stereocenters. The molecule has 1 aromatic rings. The third-order valence-electron chi connectivity index (χ3n) is 2.48. The molecule has 0 aliphatic heterocycles. The Labute approximate surface area is 71.4 Å². The molecule has 0 saturated heterocycles. The first kappa shape index (κ1) is 7.53. The van der Waals surface area contributed by atoms with E-state index in [0.717, 1.165) is 0 Å². The van der Waals surface area contributed by atoms with Crippen LogP contribution in [0.15, 0.2) is 18.7 Å². The van der Waals surface area contributed by atoms with Crippen LogP contribution in [-0.2, 0) is 0 Å². The van der Waals surface area contributed by atoms with E-state index in [-0.39, 0.29) is 5.91 Å². The number of nitrogens with zero attached hydrogens (tertiary/aromatic N) is 2. The van der Waals surface area contributed by atoms with Crippen molar-refractivity contribution >= 4 is 5.91 Å². The zero-order valence-electron chi connectivity index (χ0n) is 6.94. The van der Waals surface area contributed by atoms with Gasteiger partial charge in [-0.1, -0.05) is 6.42 Å². The molecule has 1 aliphatic carbocycles. The fourth-order valence-corrected chi connectivity index (χ4v) is 1.46. The van der Waals surface area contributed by atoms with Crippen molar-refractivity contribution in [3.8, 4) is 0 Å². The normalized spacial score (nSPS) is 17.3. The van der Waals surface area contributed by atoms with Gasteiger partial charge in [0, 0.05) is 18.8 Å². The fraction of sp³-hybridized carbons (Fsp3) is 0.556. The van der Waals surface area contributed by atoms with Crippen LogP contribution in [0.5, 0.6) is 0 Å². The molecule has 1 fully saturated rings. The number of rotatable bonds is 2. The van der Waals surface area contributed by atoms with E-state index in [0.29, 0.717) is 12.3 Å². The second-order valence-corrected chi connectivity index (χ2v) is 3.36. The molecule has 2 rings (SSSR count). The van der Waals surface area contributed by atoms with Crippen molar-refractivity contribution in [2.75, 3.05) is 0 Å². The van der Waals surface area contributed by atoms with E-state index in [1.807, 2.05) is 0 Å². The Hall–Kier alpha value is -1.12. The zero-order chi connectivity index (χ0) is 8.39. The predicted octanol–water partition coefficient (Wildman–Crippen LogP) is 1.71. The molecule has 0 aromatic carbocycles. The SMILES string of the molecule is O=C(CC1CCC1)n1ccnc1. The second kappa shape index (κ2) is 3.09. The summed E-state index contributed by atoms with van der Waals surface area (Å²) in [7, 11) is 0. The molecule has 0 amide bonds. The van der Waals surface area contributed by atoms with Gasteiger partial charge in [0.15, 0.2) is 0 Å². The highest BCUT2D eigenvalue weighted by Crippen LogP contribution is 2.29. The van der Waals surface area contributed by atoms with Crippen LogP contribution in [0.25, 0.3) is 0 Å². The number of carbonyl (C=O) groups excluding carboxylic acids is 1. The monoisotopic (exact) mass is 164 g/mol. The van der Waals surface area contributed by atoms with Crippen molar-refractivity contribution in [1.29, 1.82) is 0 Å². The van der Waals surface area contributed by atoms with E-state index in [9.17, 15) is 4.79 Å². The van der Waals surface area contributed by atoms with Gasteiger partial charge >= 0.3 is 0 Å². The Balaban J connectivity index is 1.92. The van der Waals surface area contributed by atoms with E-state index in [4.69, 9.17) is 0 Å². The fourth-order valence-electron chi connectivity index (χ4n) is 1.46. The molecule has 0 unspecified atom stereocenters. The van der Waals surface area contributed by atoms with Gasteiger partial charge in [-0.25, -0.2) is 4.98 Å². The molecule has 12 heavy (non-hydrogen) atoms. The van der Waals surface area contributed by atoms with Gasteiger partial charge in [-0.05, 0) is 18.8 Å². The van der Waals surface area contributed by atoms with E-state index in [1.165, 1.54) is 19.3 Å². The van der Waals surface area contributed by atoms with Crippen LogP contribution in [0, 0.1) is 5.92 Å². The molecule has 1 aliphatic rings. The van der Waals surface area contributed by atoms with Crippen LogP contribution in [-0.4, -0.2) is 15.5 Å². The molecule has 0 spiro atoms. The molecule has 0 N–H and O–H groups in total. The molecule has 3 heteroatoms. The van der Waals surface area contributed by atoms with Gasteiger partial charge < -0.3 is 0 Å². The lowest BCUT2D eigenvalue weighted by atomic mass is 9.83. The lowest BCUT2D eigenvalue weighted by Crippen LogP contribution is -2.19. The highest BCUT2D eigenvalue weighted by Gasteiger charge is 2.20. The van der Waals surface area contributed by atoms with Crippen LogP contribution >= 0.6 is 0 Å². The topological polar surface area (TPSA) is 34.9 Å². The van der Waals surface area contributed by atoms with Crippen molar-refractivity contribution in [2.45, 2.75) is 25.7 Å². The van der Waals surface area contributed by atoms with Crippen LogP contribution in [0.3, 0.4) is 0 Å². The van der Waals surface area contributed by atoms with Crippen molar-refractivity contribution in [3.05, 3.63) is 18.7 Å². The first-order valence-corrected chi connectivity index (χ1v) is 4.37. The highest BCUT2D eigenvalue weighted by atomic mass is 16.2. The van der Waals surface area contributed by atoms with Gasteiger partial charge in [-0.3, -0.25) is 9.36 Å². The van der Waals surface area contributed by atoms with Crippen molar-refractivity contribution in [1.82, 2.24) is 9.55 Å². The Morgan fingerprint density at radius 3 is 2.92 bits per heavy atom. The molecule has 1 heterocycles. The van der Waals surface area contributed by atoms with Crippen molar-refractivity contribution < 1.29 is 4.79 Å². The summed E-state index contributed by atoms with van der Waals surface area (Å²) in [6.07, 6.45) is 9.35. The minimum atomic E-state index is 0.178. The smallest absolute Gasteiger partial charge is 0.232 e. The minimum Gasteiger partial charge on any atom is -0.276 e. The first-order valence-electron chi connectivity index (χ1n) is 4.37. The molecule has 1 saturated carbocycles. The number of imidazole rings is 1. The van der Waals surface area contributed by atoms with Crippen molar-refractivity contribution in [2.24, 2.45) is 5.92 Å². The third kappa shape index (κ3) is 1.40. The number of hydrogen-bond acceptors (Lipinski definition) is 2. The van der Waals surface area contributed by atoms with E-state index in [2.05, 4.69) is 4.98 Å². The minimum absolute atomic E-state index is 0.178. The van der Waals surface area contributed by atoms with Gasteiger partial charge in [-0.2, -0.15) is 0 Å². The molecule has 1 aromatic heterocycles. The Bertz CT molecular complexity index is 262. The van der Waals surface area contributed by atoms with Crippen LogP contribution in [0.4, 0.5) is 0 Å². The van der Waals surface area contributed by atoms with Gasteiger partial charge in [0.2, 0.25) is 5.91 Å². The summed E-state index contributed by atoms with van der Waals surface area (Å²) in [5, 5.41) is 0. The number of aromatic nitrogens is 2. The molecular weight excluding hydrogens is 152 g/mol.